The number of hydrogen-bond acceptors (Lipinski definition) is 3. The predicted molar refractivity (Wildman–Crippen MR) is 62.9 cm³/mol. The number of amides is 2. The van der Waals surface area contributed by atoms with Crippen molar-refractivity contribution in [1.82, 2.24) is 10.2 Å². The number of carbonyl (C=O) groups is 2. The van der Waals surface area contributed by atoms with Gasteiger partial charge in [0.05, 0.1) is 0 Å². The number of nitrogens with one attached hydrogen (secondary N) is 1. The molecule has 1 unspecified atom stereocenters. The first-order valence-electron chi connectivity index (χ1n) is 5.94. The number of rotatable bonds is 4. The Morgan fingerprint density at radius 2 is 2.00 bits per heavy atom. The fraction of sp³-hybridized carbons (Fsp3) is 0.833. The first kappa shape index (κ1) is 13.2. The first-order valence-corrected chi connectivity index (χ1v) is 5.94. The van der Waals surface area contributed by atoms with Crippen molar-refractivity contribution >= 4 is 11.8 Å². The minimum atomic E-state index is -0.0814. The lowest BCUT2D eigenvalue weighted by Crippen LogP contribution is -2.43. The summed E-state index contributed by atoms with van der Waals surface area (Å²) in [5.41, 5.74) is 0.0238. The molecule has 0 bridgehead atoms. The minimum absolute atomic E-state index is 0.00297. The summed E-state index contributed by atoms with van der Waals surface area (Å²) >= 11 is 0. The van der Waals surface area contributed by atoms with Crippen LogP contribution >= 0.6 is 0 Å². The number of nitrogens with zero attached hydrogens (tertiary/aromatic N) is 1. The molecule has 16 heavy (non-hydrogen) atoms. The van der Waals surface area contributed by atoms with E-state index in [0.29, 0.717) is 19.5 Å². The van der Waals surface area contributed by atoms with Crippen LogP contribution in [-0.4, -0.2) is 35.3 Å². The van der Waals surface area contributed by atoms with E-state index in [-0.39, 0.29) is 23.3 Å². The van der Waals surface area contributed by atoms with Crippen molar-refractivity contribution in [3.05, 3.63) is 0 Å². The molecule has 0 aromatic rings. The van der Waals surface area contributed by atoms with E-state index < -0.39 is 0 Å². The van der Waals surface area contributed by atoms with Crippen LogP contribution in [0.1, 0.15) is 40.5 Å². The van der Waals surface area contributed by atoms with Gasteiger partial charge in [-0.2, -0.15) is 0 Å². The highest BCUT2D eigenvalue weighted by molar-refractivity contribution is 6.03. The number of likely N-dealkylation sites (tertiary alicyclic amines) is 1. The summed E-state index contributed by atoms with van der Waals surface area (Å²) in [6.07, 6.45) is 1.15. The topological polar surface area (TPSA) is 49.4 Å². The van der Waals surface area contributed by atoms with Gasteiger partial charge in [-0.3, -0.25) is 14.5 Å². The highest BCUT2D eigenvalue weighted by Gasteiger charge is 2.36. The van der Waals surface area contributed by atoms with Crippen molar-refractivity contribution in [2.75, 3.05) is 13.1 Å². The molecule has 2 amide bonds. The molecular formula is C12H22N2O2. The van der Waals surface area contributed by atoms with Crippen LogP contribution in [-0.2, 0) is 9.59 Å². The van der Waals surface area contributed by atoms with E-state index in [1.54, 1.807) is 0 Å². The molecule has 1 fully saturated rings. The van der Waals surface area contributed by atoms with Gasteiger partial charge in [-0.25, -0.2) is 0 Å². The highest BCUT2D eigenvalue weighted by atomic mass is 16.2. The van der Waals surface area contributed by atoms with Crippen LogP contribution < -0.4 is 5.32 Å². The first-order chi connectivity index (χ1) is 7.35. The van der Waals surface area contributed by atoms with Gasteiger partial charge in [0, 0.05) is 31.0 Å². The molecule has 0 aromatic heterocycles. The Balaban J connectivity index is 2.43. The second-order valence-corrected chi connectivity index (χ2v) is 5.37. The summed E-state index contributed by atoms with van der Waals surface area (Å²) in [7, 11) is 0. The van der Waals surface area contributed by atoms with Crippen LogP contribution in [0.25, 0.3) is 0 Å². The zero-order valence-corrected chi connectivity index (χ0v) is 10.7. The lowest BCUT2D eigenvalue weighted by Gasteiger charge is -2.22. The lowest BCUT2D eigenvalue weighted by atomic mass is 10.1. The van der Waals surface area contributed by atoms with Gasteiger partial charge in [0.2, 0.25) is 11.8 Å². The van der Waals surface area contributed by atoms with Gasteiger partial charge in [0.1, 0.15) is 0 Å². The molecule has 1 atom stereocenters. The average Bonchev–Trinajstić information content (AvgIpc) is 2.42. The molecule has 0 saturated carbocycles. The molecule has 1 N–H and O–H groups in total. The number of imide groups is 1. The van der Waals surface area contributed by atoms with E-state index in [2.05, 4.69) is 26.1 Å². The molecule has 0 aromatic carbocycles. The highest BCUT2D eigenvalue weighted by Crippen LogP contribution is 2.21. The van der Waals surface area contributed by atoms with Gasteiger partial charge in [0.15, 0.2) is 0 Å². The standard InChI is InChI=1S/C12H22N2O2/c1-5-9-8-10(15)14(11(9)16)7-6-13-12(2,3)4/h9,13H,5-8H2,1-4H3. The van der Waals surface area contributed by atoms with Crippen LogP contribution in [0.2, 0.25) is 0 Å². The summed E-state index contributed by atoms with van der Waals surface area (Å²) in [5.74, 6) is -0.0992. The minimum Gasteiger partial charge on any atom is -0.310 e. The van der Waals surface area contributed by atoms with Gasteiger partial charge < -0.3 is 5.32 Å². The summed E-state index contributed by atoms with van der Waals surface area (Å²) in [4.78, 5) is 24.8. The molecule has 0 aliphatic carbocycles. The third-order valence-electron chi connectivity index (χ3n) is 2.82. The van der Waals surface area contributed by atoms with Gasteiger partial charge >= 0.3 is 0 Å². The van der Waals surface area contributed by atoms with E-state index in [4.69, 9.17) is 0 Å². The van der Waals surface area contributed by atoms with E-state index >= 15 is 0 Å². The Morgan fingerprint density at radius 3 is 2.44 bits per heavy atom. The van der Waals surface area contributed by atoms with Gasteiger partial charge in [-0.05, 0) is 27.2 Å². The smallest absolute Gasteiger partial charge is 0.232 e. The van der Waals surface area contributed by atoms with Crippen molar-refractivity contribution in [2.45, 2.75) is 46.1 Å². The van der Waals surface area contributed by atoms with Crippen LogP contribution in [0.4, 0.5) is 0 Å². The molecule has 1 heterocycles. The lowest BCUT2D eigenvalue weighted by molar-refractivity contribution is -0.139. The number of hydrogen-bond donors (Lipinski definition) is 1. The van der Waals surface area contributed by atoms with Crippen molar-refractivity contribution in [3.8, 4) is 0 Å². The summed E-state index contributed by atoms with van der Waals surface area (Å²) in [5, 5.41) is 3.28. The van der Waals surface area contributed by atoms with Gasteiger partial charge in [0.25, 0.3) is 0 Å². The fourth-order valence-electron chi connectivity index (χ4n) is 1.85. The maximum absolute atomic E-state index is 11.8. The Morgan fingerprint density at radius 1 is 1.38 bits per heavy atom. The molecule has 0 radical (unpaired) electrons. The average molecular weight is 226 g/mol. The molecule has 4 nitrogen and oxygen atoms in total. The maximum atomic E-state index is 11.8. The fourth-order valence-corrected chi connectivity index (χ4v) is 1.85. The molecule has 92 valence electrons. The van der Waals surface area contributed by atoms with Crippen molar-refractivity contribution in [1.29, 1.82) is 0 Å². The monoisotopic (exact) mass is 226 g/mol. The molecule has 4 heteroatoms. The molecular weight excluding hydrogens is 204 g/mol. The zero-order valence-electron chi connectivity index (χ0n) is 10.7. The Labute approximate surface area is 97.4 Å². The van der Waals surface area contributed by atoms with E-state index in [9.17, 15) is 9.59 Å². The Hall–Kier alpha value is -0.900. The number of carbonyl (C=O) groups excluding carboxylic acids is 2. The molecule has 1 aliphatic heterocycles. The summed E-state index contributed by atoms with van der Waals surface area (Å²) in [6.45, 7) is 9.30. The van der Waals surface area contributed by atoms with E-state index in [1.807, 2.05) is 6.92 Å². The maximum Gasteiger partial charge on any atom is 0.232 e. The van der Waals surface area contributed by atoms with Crippen LogP contribution in [0.5, 0.6) is 0 Å². The van der Waals surface area contributed by atoms with E-state index in [1.165, 1.54) is 4.90 Å². The molecule has 1 rings (SSSR count). The third-order valence-corrected chi connectivity index (χ3v) is 2.82. The normalized spacial score (nSPS) is 22.0. The Bertz CT molecular complexity index is 281. The van der Waals surface area contributed by atoms with Crippen LogP contribution in [0.3, 0.4) is 0 Å². The summed E-state index contributed by atoms with van der Waals surface area (Å²) in [6, 6.07) is 0. The van der Waals surface area contributed by atoms with E-state index in [0.717, 1.165) is 6.42 Å². The zero-order chi connectivity index (χ0) is 12.3. The molecule has 1 saturated heterocycles. The van der Waals surface area contributed by atoms with Crippen molar-refractivity contribution in [2.24, 2.45) is 5.92 Å². The van der Waals surface area contributed by atoms with Gasteiger partial charge in [-0.15, -0.1) is 0 Å². The van der Waals surface area contributed by atoms with Crippen molar-refractivity contribution < 1.29 is 9.59 Å². The largest absolute Gasteiger partial charge is 0.310 e. The predicted octanol–water partition coefficient (Wildman–Crippen LogP) is 1.16. The SMILES string of the molecule is CCC1CC(=O)N(CCNC(C)(C)C)C1=O. The van der Waals surface area contributed by atoms with Gasteiger partial charge in [-0.1, -0.05) is 6.92 Å². The quantitative estimate of drug-likeness (QED) is 0.732. The second kappa shape index (κ2) is 4.95. The second-order valence-electron chi connectivity index (χ2n) is 5.37. The summed E-state index contributed by atoms with van der Waals surface area (Å²) < 4.78 is 0. The molecule has 0 spiro atoms. The van der Waals surface area contributed by atoms with Crippen LogP contribution in [0, 0.1) is 5.92 Å². The van der Waals surface area contributed by atoms with Crippen LogP contribution in [0.15, 0.2) is 0 Å². The third kappa shape index (κ3) is 3.30. The molecule has 1 aliphatic rings. The Kier molecular flexibility index (Phi) is 4.08. The van der Waals surface area contributed by atoms with Crippen molar-refractivity contribution in [3.63, 3.8) is 0 Å².